The minimum Gasteiger partial charge on any atom is -0.379 e. The van der Waals surface area contributed by atoms with E-state index in [0.29, 0.717) is 17.4 Å². The summed E-state index contributed by atoms with van der Waals surface area (Å²) in [6.07, 6.45) is 7.16. The third-order valence-corrected chi connectivity index (χ3v) is 8.71. The highest BCUT2D eigenvalue weighted by Gasteiger charge is 2.36. The van der Waals surface area contributed by atoms with Gasteiger partial charge in [0, 0.05) is 59.2 Å². The van der Waals surface area contributed by atoms with Crippen LogP contribution in [0.4, 0.5) is 0 Å². The number of carbonyl (C=O) groups excluding carboxylic acids is 1. The molecule has 1 aromatic heterocycles. The van der Waals surface area contributed by atoms with E-state index in [1.165, 1.54) is 16.7 Å². The molecule has 8 heteroatoms. The summed E-state index contributed by atoms with van der Waals surface area (Å²) >= 11 is 16.8. The average molecular weight is 581 g/mol. The maximum absolute atomic E-state index is 12.9. The van der Waals surface area contributed by atoms with E-state index in [1.807, 2.05) is 12.3 Å². The van der Waals surface area contributed by atoms with Crippen molar-refractivity contribution in [3.63, 3.8) is 0 Å². The summed E-state index contributed by atoms with van der Waals surface area (Å²) in [4.78, 5) is 22.3. The maximum Gasteiger partial charge on any atom is 0.222 e. The van der Waals surface area contributed by atoms with Gasteiger partial charge in [0.05, 0.1) is 18.9 Å². The summed E-state index contributed by atoms with van der Waals surface area (Å²) in [5, 5.41) is 1.42. The molecule has 0 radical (unpaired) electrons. The molecule has 2 saturated heterocycles. The second-order valence-corrected chi connectivity index (χ2v) is 11.7. The Kier molecular flexibility index (Phi) is 8.35. The zero-order chi connectivity index (χ0) is 24.4. The molecule has 188 valence electrons. The Morgan fingerprint density at radius 3 is 2.57 bits per heavy atom. The topological polar surface area (TPSA) is 45.7 Å². The zero-order valence-corrected chi connectivity index (χ0v) is 23.0. The number of benzene rings is 1. The number of ether oxygens (including phenoxy) is 1. The summed E-state index contributed by atoms with van der Waals surface area (Å²) in [5.74, 6) is 0.791. The second kappa shape index (κ2) is 11.5. The number of hydrogen-bond donors (Lipinski definition) is 0. The van der Waals surface area contributed by atoms with Crippen molar-refractivity contribution in [1.82, 2.24) is 14.8 Å². The fraction of sp³-hybridized carbons (Fsp3) is 0.556. The van der Waals surface area contributed by atoms with Crippen molar-refractivity contribution in [3.05, 3.63) is 61.3 Å². The molecule has 1 atom stereocenters. The van der Waals surface area contributed by atoms with E-state index in [-0.39, 0.29) is 11.8 Å². The molecule has 1 amide bonds. The molecular weight excluding hydrogens is 549 g/mol. The first-order chi connectivity index (χ1) is 17.0. The van der Waals surface area contributed by atoms with Gasteiger partial charge in [-0.25, -0.2) is 0 Å². The van der Waals surface area contributed by atoms with Crippen LogP contribution < -0.4 is 0 Å². The number of morpholine rings is 1. The molecule has 0 N–H and O–H groups in total. The number of amides is 1. The zero-order valence-electron chi connectivity index (χ0n) is 19.9. The number of rotatable bonds is 5. The highest BCUT2D eigenvalue weighted by molar-refractivity contribution is 9.10. The largest absolute Gasteiger partial charge is 0.379 e. The van der Waals surface area contributed by atoms with Gasteiger partial charge < -0.3 is 9.64 Å². The Bertz CT molecular complexity index is 1070. The highest BCUT2D eigenvalue weighted by Crippen LogP contribution is 2.46. The molecular formula is C27H32BrCl2N3O2. The van der Waals surface area contributed by atoms with E-state index in [9.17, 15) is 4.79 Å². The van der Waals surface area contributed by atoms with Crippen LogP contribution in [0.25, 0.3) is 0 Å². The number of pyridine rings is 1. The molecule has 1 aromatic carbocycles. The van der Waals surface area contributed by atoms with Crippen LogP contribution in [0.3, 0.4) is 0 Å². The van der Waals surface area contributed by atoms with E-state index in [4.69, 9.17) is 32.9 Å². The molecule has 1 unspecified atom stereocenters. The lowest BCUT2D eigenvalue weighted by Gasteiger charge is -2.37. The van der Waals surface area contributed by atoms with E-state index in [2.05, 4.69) is 37.9 Å². The Balaban J connectivity index is 1.29. The van der Waals surface area contributed by atoms with Gasteiger partial charge in [-0.15, -0.1) is 0 Å². The lowest BCUT2D eigenvalue weighted by atomic mass is 9.76. The van der Waals surface area contributed by atoms with Crippen molar-refractivity contribution in [3.8, 4) is 0 Å². The van der Waals surface area contributed by atoms with E-state index in [1.54, 1.807) is 0 Å². The van der Waals surface area contributed by atoms with Gasteiger partial charge in [-0.2, -0.15) is 0 Å². The van der Waals surface area contributed by atoms with Gasteiger partial charge in [-0.05, 0) is 95.4 Å². The predicted molar refractivity (Wildman–Crippen MR) is 143 cm³/mol. The van der Waals surface area contributed by atoms with Gasteiger partial charge in [0.15, 0.2) is 0 Å². The van der Waals surface area contributed by atoms with Crippen LogP contribution in [0, 0.1) is 5.92 Å². The first-order valence-corrected chi connectivity index (χ1v) is 14.2. The summed E-state index contributed by atoms with van der Waals surface area (Å²) in [5.41, 5.74) is 4.81. The summed E-state index contributed by atoms with van der Waals surface area (Å²) < 4.78 is 6.42. The molecule has 2 fully saturated rings. The highest BCUT2D eigenvalue weighted by atomic mass is 79.9. The van der Waals surface area contributed by atoms with Crippen LogP contribution >= 0.6 is 39.1 Å². The van der Waals surface area contributed by atoms with Gasteiger partial charge >= 0.3 is 0 Å². The van der Waals surface area contributed by atoms with Gasteiger partial charge in [0.25, 0.3) is 0 Å². The normalized spacial score (nSPS) is 21.3. The van der Waals surface area contributed by atoms with Crippen LogP contribution in [-0.4, -0.2) is 66.6 Å². The minimum absolute atomic E-state index is 0.124. The third kappa shape index (κ3) is 5.88. The molecule has 2 aromatic rings. The fourth-order valence-corrected chi connectivity index (χ4v) is 6.98. The second-order valence-electron chi connectivity index (χ2n) is 9.91. The fourth-order valence-electron chi connectivity index (χ4n) is 5.95. The van der Waals surface area contributed by atoms with Gasteiger partial charge in [0.1, 0.15) is 0 Å². The molecule has 1 aliphatic carbocycles. The first-order valence-electron chi connectivity index (χ1n) is 12.7. The molecule has 0 bridgehead atoms. The standard InChI is InChI=1S/C27H32BrCl2N3O2/c28-21-14-20-4-3-19-15-22(29)16-23(30)25(19)26(27(20)31-17-21)18-5-8-33(9-6-18)24(34)2-1-7-32-10-12-35-13-11-32/h14-18,26H,1-13H2. The van der Waals surface area contributed by atoms with Crippen molar-refractivity contribution in [2.24, 2.45) is 5.92 Å². The Hall–Kier alpha value is -1.18. The quantitative estimate of drug-likeness (QED) is 0.453. The molecule has 0 spiro atoms. The van der Waals surface area contributed by atoms with Gasteiger partial charge in [0.2, 0.25) is 5.91 Å². The summed E-state index contributed by atoms with van der Waals surface area (Å²) in [6.45, 7) is 6.12. The third-order valence-electron chi connectivity index (χ3n) is 7.75. The molecule has 3 aliphatic rings. The van der Waals surface area contributed by atoms with E-state index in [0.717, 1.165) is 93.2 Å². The lowest BCUT2D eigenvalue weighted by molar-refractivity contribution is -0.132. The molecule has 0 saturated carbocycles. The number of fused-ring (bicyclic) bond motifs is 2. The summed E-state index contributed by atoms with van der Waals surface area (Å²) in [7, 11) is 0. The number of piperidine rings is 1. The molecule has 2 aliphatic heterocycles. The number of aromatic nitrogens is 1. The summed E-state index contributed by atoms with van der Waals surface area (Å²) in [6, 6.07) is 6.14. The Labute approximate surface area is 226 Å². The van der Waals surface area contributed by atoms with Crippen molar-refractivity contribution in [2.45, 2.75) is 44.4 Å². The molecule has 35 heavy (non-hydrogen) atoms. The number of likely N-dealkylation sites (tertiary alicyclic amines) is 1. The lowest BCUT2D eigenvalue weighted by Crippen LogP contribution is -2.41. The van der Waals surface area contributed by atoms with Crippen LogP contribution in [-0.2, 0) is 22.4 Å². The predicted octanol–water partition coefficient (Wildman–Crippen LogP) is 5.73. The smallest absolute Gasteiger partial charge is 0.222 e. The Morgan fingerprint density at radius 2 is 1.80 bits per heavy atom. The van der Waals surface area contributed by atoms with Gasteiger partial charge in [-0.1, -0.05) is 23.2 Å². The first kappa shape index (κ1) is 25.5. The minimum atomic E-state index is 0.124. The van der Waals surface area contributed by atoms with Crippen molar-refractivity contribution >= 4 is 45.0 Å². The average Bonchev–Trinajstić information content (AvgIpc) is 3.01. The number of nitrogens with zero attached hydrogens (tertiary/aromatic N) is 3. The maximum atomic E-state index is 12.9. The van der Waals surface area contributed by atoms with Crippen molar-refractivity contribution < 1.29 is 9.53 Å². The van der Waals surface area contributed by atoms with Crippen molar-refractivity contribution in [1.29, 1.82) is 0 Å². The van der Waals surface area contributed by atoms with Crippen LogP contribution in [0.5, 0.6) is 0 Å². The molecule has 3 heterocycles. The molecule has 5 nitrogen and oxygen atoms in total. The van der Waals surface area contributed by atoms with Crippen LogP contribution in [0.1, 0.15) is 54.0 Å². The van der Waals surface area contributed by atoms with Crippen LogP contribution in [0.2, 0.25) is 10.0 Å². The van der Waals surface area contributed by atoms with E-state index >= 15 is 0 Å². The number of halogens is 3. The van der Waals surface area contributed by atoms with Gasteiger partial charge in [-0.3, -0.25) is 14.7 Å². The number of carbonyl (C=O) groups is 1. The number of hydrogen-bond acceptors (Lipinski definition) is 4. The van der Waals surface area contributed by atoms with E-state index < -0.39 is 0 Å². The Morgan fingerprint density at radius 1 is 1.06 bits per heavy atom. The number of aryl methyl sites for hydroxylation is 2. The SMILES string of the molecule is O=C(CCCN1CCOCC1)N1CCC(C2c3ncc(Br)cc3CCc3cc(Cl)cc(Cl)c32)CC1. The molecule has 5 rings (SSSR count). The van der Waals surface area contributed by atoms with Crippen molar-refractivity contribution in [2.75, 3.05) is 45.9 Å². The van der Waals surface area contributed by atoms with Crippen LogP contribution in [0.15, 0.2) is 28.9 Å². The monoisotopic (exact) mass is 579 g/mol.